The molecule has 0 saturated heterocycles. The van der Waals surface area contributed by atoms with Gasteiger partial charge in [-0.1, -0.05) is 12.6 Å². The minimum atomic E-state index is -0.524. The predicted octanol–water partition coefficient (Wildman–Crippen LogP) is 1.25. The molecule has 2 N–H and O–H groups in total. The van der Waals surface area contributed by atoms with Crippen LogP contribution in [0, 0.1) is 6.92 Å². The topological polar surface area (TPSA) is 62.2 Å². The first-order valence-electron chi connectivity index (χ1n) is 5.09. The molecule has 1 aromatic heterocycles. The maximum Gasteiger partial charge on any atom is 0.243 e. The van der Waals surface area contributed by atoms with Crippen molar-refractivity contribution in [3.8, 4) is 0 Å². The lowest BCUT2D eigenvalue weighted by atomic mass is 10.1. The average Bonchev–Trinajstić information content (AvgIpc) is 2.25. The van der Waals surface area contributed by atoms with Crippen LogP contribution in [0.15, 0.2) is 24.8 Å². The van der Waals surface area contributed by atoms with E-state index in [9.17, 15) is 9.90 Å². The van der Waals surface area contributed by atoms with Crippen molar-refractivity contribution < 1.29 is 9.90 Å². The lowest BCUT2D eigenvalue weighted by Gasteiger charge is -2.10. The minimum absolute atomic E-state index is 0.223. The molecule has 0 aromatic carbocycles. The van der Waals surface area contributed by atoms with E-state index in [1.54, 1.807) is 13.0 Å². The van der Waals surface area contributed by atoms with Crippen LogP contribution >= 0.6 is 0 Å². The van der Waals surface area contributed by atoms with Crippen LogP contribution in [-0.4, -0.2) is 16.0 Å². The van der Waals surface area contributed by atoms with Crippen LogP contribution in [0.4, 0.5) is 0 Å². The third kappa shape index (κ3) is 3.17. The van der Waals surface area contributed by atoms with Crippen LogP contribution in [0.25, 0.3) is 0 Å². The summed E-state index contributed by atoms with van der Waals surface area (Å²) in [5, 5.41) is 12.1. The lowest BCUT2D eigenvalue weighted by molar-refractivity contribution is -0.116. The Morgan fingerprint density at radius 1 is 1.69 bits per heavy atom. The van der Waals surface area contributed by atoms with Crippen LogP contribution < -0.4 is 5.32 Å². The second kappa shape index (κ2) is 5.42. The molecular formula is C12H16N2O2. The number of hydrogen-bond donors (Lipinski definition) is 2. The molecule has 1 heterocycles. The van der Waals surface area contributed by atoms with Crippen molar-refractivity contribution in [3.63, 3.8) is 0 Å². The van der Waals surface area contributed by atoms with E-state index >= 15 is 0 Å². The third-order valence-electron chi connectivity index (χ3n) is 2.26. The van der Waals surface area contributed by atoms with Gasteiger partial charge < -0.3 is 10.4 Å². The van der Waals surface area contributed by atoms with Crippen molar-refractivity contribution in [2.24, 2.45) is 0 Å². The summed E-state index contributed by atoms with van der Waals surface area (Å²) in [6.45, 7) is 7.26. The second-order valence-electron chi connectivity index (χ2n) is 3.58. The smallest absolute Gasteiger partial charge is 0.243 e. The SMILES string of the molecule is C=CC(=O)NCc1ccc(C(C)O)c(C)n1. The van der Waals surface area contributed by atoms with E-state index < -0.39 is 6.10 Å². The highest BCUT2D eigenvalue weighted by atomic mass is 16.3. The van der Waals surface area contributed by atoms with Crippen LogP contribution in [0.3, 0.4) is 0 Å². The zero-order chi connectivity index (χ0) is 12.1. The molecule has 0 saturated carbocycles. The Bertz CT molecular complexity index is 400. The second-order valence-corrected chi connectivity index (χ2v) is 3.58. The number of pyridine rings is 1. The van der Waals surface area contributed by atoms with E-state index in [1.165, 1.54) is 6.08 Å². The number of hydrogen-bond acceptors (Lipinski definition) is 3. The third-order valence-corrected chi connectivity index (χ3v) is 2.26. The fourth-order valence-electron chi connectivity index (χ4n) is 1.41. The Morgan fingerprint density at radius 3 is 2.88 bits per heavy atom. The first-order chi connectivity index (χ1) is 7.54. The summed E-state index contributed by atoms with van der Waals surface area (Å²) in [7, 11) is 0. The highest BCUT2D eigenvalue weighted by Gasteiger charge is 2.06. The van der Waals surface area contributed by atoms with Crippen LogP contribution in [0.2, 0.25) is 0 Å². The highest BCUT2D eigenvalue weighted by molar-refractivity contribution is 5.86. The molecule has 86 valence electrons. The van der Waals surface area contributed by atoms with E-state index in [-0.39, 0.29) is 5.91 Å². The van der Waals surface area contributed by atoms with Crippen LogP contribution in [0.1, 0.15) is 30.0 Å². The molecule has 0 bridgehead atoms. The molecule has 16 heavy (non-hydrogen) atoms. The van der Waals surface area contributed by atoms with Crippen molar-refractivity contribution in [2.75, 3.05) is 0 Å². The number of carbonyl (C=O) groups excluding carboxylic acids is 1. The average molecular weight is 220 g/mol. The van der Waals surface area contributed by atoms with Gasteiger partial charge in [-0.15, -0.1) is 0 Å². The minimum Gasteiger partial charge on any atom is -0.389 e. The number of nitrogens with one attached hydrogen (secondary N) is 1. The number of aliphatic hydroxyl groups is 1. The Kier molecular flexibility index (Phi) is 4.19. The van der Waals surface area contributed by atoms with Crippen LogP contribution in [-0.2, 0) is 11.3 Å². The van der Waals surface area contributed by atoms with Gasteiger partial charge in [-0.25, -0.2) is 0 Å². The molecule has 0 spiro atoms. The van der Waals surface area contributed by atoms with Gasteiger partial charge in [-0.05, 0) is 26.0 Å². The normalized spacial score (nSPS) is 11.9. The number of rotatable bonds is 4. The Hall–Kier alpha value is -1.68. The van der Waals surface area contributed by atoms with E-state index in [4.69, 9.17) is 0 Å². The fourth-order valence-corrected chi connectivity index (χ4v) is 1.41. The Balaban J connectivity index is 2.73. The zero-order valence-corrected chi connectivity index (χ0v) is 9.53. The monoisotopic (exact) mass is 220 g/mol. The Labute approximate surface area is 95.0 Å². The van der Waals surface area contributed by atoms with Crippen molar-refractivity contribution in [3.05, 3.63) is 41.7 Å². The standard InChI is InChI=1S/C12H16N2O2/c1-4-12(16)13-7-10-5-6-11(9(3)15)8(2)14-10/h4-6,9,15H,1,7H2,2-3H3,(H,13,16). The first kappa shape index (κ1) is 12.4. The van der Waals surface area contributed by atoms with Crippen molar-refractivity contribution >= 4 is 5.91 Å². The number of nitrogens with zero attached hydrogens (tertiary/aromatic N) is 1. The molecule has 0 fully saturated rings. The molecular weight excluding hydrogens is 204 g/mol. The van der Waals surface area contributed by atoms with Gasteiger partial charge in [0.25, 0.3) is 0 Å². The summed E-state index contributed by atoms with van der Waals surface area (Å²) in [4.78, 5) is 15.2. The summed E-state index contributed by atoms with van der Waals surface area (Å²) in [6.07, 6.45) is 0.695. The van der Waals surface area contributed by atoms with Crippen molar-refractivity contribution in [1.29, 1.82) is 0 Å². The zero-order valence-electron chi connectivity index (χ0n) is 9.53. The van der Waals surface area contributed by atoms with E-state index in [0.29, 0.717) is 6.54 Å². The summed E-state index contributed by atoms with van der Waals surface area (Å²) in [6, 6.07) is 3.61. The fraction of sp³-hybridized carbons (Fsp3) is 0.333. The van der Waals surface area contributed by atoms with Crippen molar-refractivity contribution in [2.45, 2.75) is 26.5 Å². The Morgan fingerprint density at radius 2 is 2.38 bits per heavy atom. The molecule has 1 aromatic rings. The van der Waals surface area contributed by atoms with Gasteiger partial charge in [-0.2, -0.15) is 0 Å². The van der Waals surface area contributed by atoms with Gasteiger partial charge in [0.2, 0.25) is 5.91 Å². The molecule has 0 radical (unpaired) electrons. The van der Waals surface area contributed by atoms with Gasteiger partial charge >= 0.3 is 0 Å². The molecule has 1 atom stereocenters. The quantitative estimate of drug-likeness (QED) is 0.750. The number of aromatic nitrogens is 1. The predicted molar refractivity (Wildman–Crippen MR) is 61.7 cm³/mol. The molecule has 4 nitrogen and oxygen atoms in total. The molecule has 0 aliphatic heterocycles. The summed E-state index contributed by atoms with van der Waals surface area (Å²) in [5.41, 5.74) is 2.34. The molecule has 1 rings (SSSR count). The first-order valence-corrected chi connectivity index (χ1v) is 5.09. The van der Waals surface area contributed by atoms with Crippen molar-refractivity contribution in [1.82, 2.24) is 10.3 Å². The van der Waals surface area contributed by atoms with Gasteiger partial charge in [-0.3, -0.25) is 9.78 Å². The maximum atomic E-state index is 10.9. The highest BCUT2D eigenvalue weighted by Crippen LogP contribution is 2.15. The molecule has 1 unspecified atom stereocenters. The summed E-state index contributed by atoms with van der Waals surface area (Å²) in [5.74, 6) is -0.223. The number of amides is 1. The molecule has 1 amide bonds. The largest absolute Gasteiger partial charge is 0.389 e. The van der Waals surface area contributed by atoms with E-state index in [0.717, 1.165) is 17.0 Å². The van der Waals surface area contributed by atoms with Gasteiger partial charge in [0, 0.05) is 11.3 Å². The molecule has 0 aliphatic carbocycles. The molecule has 4 heteroatoms. The van der Waals surface area contributed by atoms with Gasteiger partial charge in [0.15, 0.2) is 0 Å². The van der Waals surface area contributed by atoms with E-state index in [1.807, 2.05) is 13.0 Å². The number of aliphatic hydroxyl groups excluding tert-OH is 1. The molecule has 0 aliphatic rings. The number of aryl methyl sites for hydroxylation is 1. The van der Waals surface area contributed by atoms with Gasteiger partial charge in [0.1, 0.15) is 0 Å². The lowest BCUT2D eigenvalue weighted by Crippen LogP contribution is -2.20. The maximum absolute atomic E-state index is 10.9. The van der Waals surface area contributed by atoms with Crippen LogP contribution in [0.5, 0.6) is 0 Å². The van der Waals surface area contributed by atoms with E-state index in [2.05, 4.69) is 16.9 Å². The number of carbonyl (C=O) groups is 1. The summed E-state index contributed by atoms with van der Waals surface area (Å²) >= 11 is 0. The summed E-state index contributed by atoms with van der Waals surface area (Å²) < 4.78 is 0. The van der Waals surface area contributed by atoms with Gasteiger partial charge in [0.05, 0.1) is 18.3 Å².